The van der Waals surface area contributed by atoms with E-state index in [9.17, 15) is 9.90 Å². The lowest BCUT2D eigenvalue weighted by molar-refractivity contribution is 0.0951. The summed E-state index contributed by atoms with van der Waals surface area (Å²) in [7, 11) is 1.61. The predicted molar refractivity (Wildman–Crippen MR) is 133 cm³/mol. The molecule has 0 fully saturated rings. The number of rotatable bonds is 10. The van der Waals surface area contributed by atoms with E-state index < -0.39 is 0 Å². The van der Waals surface area contributed by atoms with E-state index >= 15 is 0 Å². The number of ether oxygens (including phenoxy) is 2. The number of nitrogens with one attached hydrogen (secondary N) is 3. The monoisotopic (exact) mass is 542 g/mol. The van der Waals surface area contributed by atoms with Crippen molar-refractivity contribution in [2.75, 3.05) is 33.3 Å². The molecule has 31 heavy (non-hydrogen) atoms. The summed E-state index contributed by atoms with van der Waals surface area (Å²) in [4.78, 5) is 16.6. The number of nitrogens with zero attached hydrogens (tertiary/aromatic N) is 1. The van der Waals surface area contributed by atoms with Gasteiger partial charge in [0.1, 0.15) is 11.9 Å². The summed E-state index contributed by atoms with van der Waals surface area (Å²) in [6.45, 7) is 5.92. The van der Waals surface area contributed by atoms with Crippen LogP contribution >= 0.6 is 24.0 Å². The minimum absolute atomic E-state index is 0. The van der Waals surface area contributed by atoms with Gasteiger partial charge in [-0.15, -0.1) is 24.0 Å². The summed E-state index contributed by atoms with van der Waals surface area (Å²) in [5.41, 5.74) is 0.250. The number of benzene rings is 2. The fraction of sp³-hybridized carbons (Fsp3) is 0.364. The number of hydrogen-bond donors (Lipinski definition) is 4. The summed E-state index contributed by atoms with van der Waals surface area (Å²) < 4.78 is 11.2. The topological polar surface area (TPSA) is 104 Å². The van der Waals surface area contributed by atoms with E-state index in [0.29, 0.717) is 43.6 Å². The average molecular weight is 542 g/mol. The van der Waals surface area contributed by atoms with Crippen molar-refractivity contribution in [3.63, 3.8) is 0 Å². The molecule has 0 aliphatic rings. The summed E-state index contributed by atoms with van der Waals surface area (Å²) in [5, 5.41) is 18.8. The molecule has 1 amide bonds. The first kappa shape index (κ1) is 26.3. The standard InChI is InChI=1S/C22H30N4O4.HI/c1-4-23-22(25-14-13-24-21(28)17-9-5-6-10-18(17)27)26-15-16(2)30-20-12-8-7-11-19(20)29-3;/h5-12,16,27H,4,13-15H2,1-3H3,(H,24,28)(H2,23,25,26);1H. The smallest absolute Gasteiger partial charge is 0.255 e. The number of aromatic hydroxyl groups is 1. The molecule has 2 aromatic rings. The van der Waals surface area contributed by atoms with Crippen molar-refractivity contribution < 1.29 is 19.4 Å². The molecule has 4 N–H and O–H groups in total. The Labute approximate surface area is 200 Å². The number of carbonyl (C=O) groups is 1. The fourth-order valence-electron chi connectivity index (χ4n) is 2.65. The van der Waals surface area contributed by atoms with Gasteiger partial charge in [-0.05, 0) is 38.1 Å². The number of aliphatic imine (C=N–C) groups is 1. The van der Waals surface area contributed by atoms with Crippen molar-refractivity contribution >= 4 is 35.8 Å². The van der Waals surface area contributed by atoms with Gasteiger partial charge >= 0.3 is 0 Å². The number of hydrogen-bond acceptors (Lipinski definition) is 5. The minimum atomic E-state index is -0.323. The second-order valence-corrected chi connectivity index (χ2v) is 6.50. The normalized spacial score (nSPS) is 11.6. The first-order valence-electron chi connectivity index (χ1n) is 9.93. The number of phenolic OH excluding ortho intramolecular Hbond substituents is 1. The minimum Gasteiger partial charge on any atom is -0.507 e. The highest BCUT2D eigenvalue weighted by Crippen LogP contribution is 2.26. The zero-order valence-electron chi connectivity index (χ0n) is 18.1. The highest BCUT2D eigenvalue weighted by Gasteiger charge is 2.10. The highest BCUT2D eigenvalue weighted by atomic mass is 127. The van der Waals surface area contributed by atoms with E-state index in [1.807, 2.05) is 38.1 Å². The third-order valence-corrected chi connectivity index (χ3v) is 4.10. The molecule has 0 aliphatic carbocycles. The predicted octanol–water partition coefficient (Wildman–Crippen LogP) is 2.77. The van der Waals surface area contributed by atoms with Crippen LogP contribution in [0, 0.1) is 0 Å². The lowest BCUT2D eigenvalue weighted by Crippen LogP contribution is -2.42. The van der Waals surface area contributed by atoms with Gasteiger partial charge in [-0.3, -0.25) is 4.79 Å². The van der Waals surface area contributed by atoms with Crippen LogP contribution in [-0.4, -0.2) is 56.4 Å². The third-order valence-electron chi connectivity index (χ3n) is 4.10. The Morgan fingerprint density at radius 1 is 1.03 bits per heavy atom. The van der Waals surface area contributed by atoms with Crippen LogP contribution in [-0.2, 0) is 0 Å². The van der Waals surface area contributed by atoms with Crippen molar-refractivity contribution in [1.82, 2.24) is 16.0 Å². The maximum absolute atomic E-state index is 12.1. The third kappa shape index (κ3) is 8.91. The number of methoxy groups -OCH3 is 1. The van der Waals surface area contributed by atoms with E-state index in [4.69, 9.17) is 9.47 Å². The molecule has 0 heterocycles. The van der Waals surface area contributed by atoms with Crippen molar-refractivity contribution in [2.24, 2.45) is 4.99 Å². The molecule has 2 rings (SSSR count). The molecule has 0 saturated heterocycles. The second-order valence-electron chi connectivity index (χ2n) is 6.50. The first-order valence-corrected chi connectivity index (χ1v) is 9.93. The molecule has 0 spiro atoms. The van der Waals surface area contributed by atoms with E-state index in [0.717, 1.165) is 0 Å². The lowest BCUT2D eigenvalue weighted by atomic mass is 10.2. The number of phenols is 1. The van der Waals surface area contributed by atoms with E-state index in [1.54, 1.807) is 25.3 Å². The van der Waals surface area contributed by atoms with Gasteiger partial charge < -0.3 is 30.5 Å². The van der Waals surface area contributed by atoms with Gasteiger partial charge in [0.25, 0.3) is 5.91 Å². The molecule has 2 aromatic carbocycles. The van der Waals surface area contributed by atoms with Crippen LogP contribution in [0.25, 0.3) is 0 Å². The maximum atomic E-state index is 12.1. The van der Waals surface area contributed by atoms with Crippen LogP contribution < -0.4 is 25.4 Å². The highest BCUT2D eigenvalue weighted by molar-refractivity contribution is 14.0. The van der Waals surface area contributed by atoms with Crippen molar-refractivity contribution in [3.05, 3.63) is 54.1 Å². The molecule has 170 valence electrons. The maximum Gasteiger partial charge on any atom is 0.255 e. The second kappa shape index (κ2) is 14.3. The summed E-state index contributed by atoms with van der Waals surface area (Å²) in [6, 6.07) is 13.9. The molecular formula is C22H31IN4O4. The number of para-hydroxylation sites is 3. The summed E-state index contributed by atoms with van der Waals surface area (Å²) >= 11 is 0. The summed E-state index contributed by atoms with van der Waals surface area (Å²) in [5.74, 6) is 1.62. The largest absolute Gasteiger partial charge is 0.507 e. The quantitative estimate of drug-likeness (QED) is 0.159. The SMILES string of the molecule is CCNC(=NCC(C)Oc1ccccc1OC)NCCNC(=O)c1ccccc1O.I. The van der Waals surface area contributed by atoms with Crippen molar-refractivity contribution in [3.8, 4) is 17.2 Å². The Balaban J connectivity index is 0.00000480. The average Bonchev–Trinajstić information content (AvgIpc) is 2.75. The Hall–Kier alpha value is -2.69. The molecule has 0 aliphatic heterocycles. The molecule has 0 saturated carbocycles. The van der Waals surface area contributed by atoms with Crippen LogP contribution in [0.5, 0.6) is 17.2 Å². The van der Waals surface area contributed by atoms with Crippen LogP contribution in [0.3, 0.4) is 0 Å². The molecular weight excluding hydrogens is 511 g/mol. The van der Waals surface area contributed by atoms with Crippen LogP contribution in [0.1, 0.15) is 24.2 Å². The number of guanidine groups is 1. The Morgan fingerprint density at radius 3 is 2.35 bits per heavy atom. The van der Waals surface area contributed by atoms with Gasteiger partial charge in [0.05, 0.1) is 19.2 Å². The van der Waals surface area contributed by atoms with Crippen molar-refractivity contribution in [2.45, 2.75) is 20.0 Å². The zero-order chi connectivity index (χ0) is 21.8. The van der Waals surface area contributed by atoms with Gasteiger partial charge in [-0.25, -0.2) is 4.99 Å². The lowest BCUT2D eigenvalue weighted by Gasteiger charge is -2.17. The number of carbonyl (C=O) groups excluding carboxylic acids is 1. The van der Waals surface area contributed by atoms with Gasteiger partial charge in [0.2, 0.25) is 0 Å². The molecule has 9 heteroatoms. The Kier molecular flexibility index (Phi) is 12.2. The Bertz CT molecular complexity index is 848. The van der Waals surface area contributed by atoms with Gasteiger partial charge in [0, 0.05) is 19.6 Å². The molecule has 0 aromatic heterocycles. The molecule has 1 atom stereocenters. The molecule has 1 unspecified atom stereocenters. The van der Waals surface area contributed by atoms with Crippen LogP contribution in [0.4, 0.5) is 0 Å². The molecule has 0 bridgehead atoms. The fourth-order valence-corrected chi connectivity index (χ4v) is 2.65. The van der Waals surface area contributed by atoms with Gasteiger partial charge in [0.15, 0.2) is 17.5 Å². The van der Waals surface area contributed by atoms with E-state index in [1.165, 1.54) is 6.07 Å². The van der Waals surface area contributed by atoms with E-state index in [-0.39, 0.29) is 47.3 Å². The van der Waals surface area contributed by atoms with E-state index in [2.05, 4.69) is 20.9 Å². The van der Waals surface area contributed by atoms with Crippen LogP contribution in [0.15, 0.2) is 53.5 Å². The number of amides is 1. The first-order chi connectivity index (χ1) is 14.5. The Morgan fingerprint density at radius 2 is 1.68 bits per heavy atom. The molecule has 8 nitrogen and oxygen atoms in total. The number of halogens is 1. The van der Waals surface area contributed by atoms with Crippen molar-refractivity contribution in [1.29, 1.82) is 0 Å². The van der Waals surface area contributed by atoms with Gasteiger partial charge in [-0.1, -0.05) is 24.3 Å². The summed E-state index contributed by atoms with van der Waals surface area (Å²) in [6.07, 6.45) is -0.155. The zero-order valence-corrected chi connectivity index (χ0v) is 20.4. The van der Waals surface area contributed by atoms with Gasteiger partial charge in [-0.2, -0.15) is 0 Å². The molecule has 0 radical (unpaired) electrons. The van der Waals surface area contributed by atoms with Crippen LogP contribution in [0.2, 0.25) is 0 Å².